The maximum absolute atomic E-state index is 12.2. The number of rotatable bonds is 21. The summed E-state index contributed by atoms with van der Waals surface area (Å²) in [5.74, 6) is -0.440. The minimum absolute atomic E-state index is 0.148. The number of benzene rings is 2. The standard InChI is InChI=1S/C22H29N3O5.C14H20O2.C8H11N3O4/c26-15-21-29-16-20(30-21)25-14-13-18(24-22(25)28)23-19(27)12-8-3-1-2-5-9-17-10-6-4-7-11-17;15-14(16)12-8-3-1-2-5-9-13-10-6-4-7-11-13;9-5-1-2-11(8(13)10-5)6-4-14-7(3-12)15-6/h4,6-7,10-11,13-14,20-21,26H,1-3,5,8-9,12,15-16H2,(H,23,24,27,28);4,6-7,10-11H,1-3,5,8-9,12H2,(H,15,16);1-2,6-7,12H,3-4H2,(H2,9,10,13)/t20-,21-;;6-,7-/m0.0/s1. The molecule has 4 atom stereocenters. The minimum Gasteiger partial charge on any atom is -0.481 e. The van der Waals surface area contributed by atoms with Gasteiger partial charge in [-0.2, -0.15) is 9.97 Å². The molecule has 1 amide bonds. The van der Waals surface area contributed by atoms with Gasteiger partial charge in [-0.15, -0.1) is 0 Å². The third-order valence-electron chi connectivity index (χ3n) is 9.75. The van der Waals surface area contributed by atoms with Crippen LogP contribution in [0, 0.1) is 0 Å². The summed E-state index contributed by atoms with van der Waals surface area (Å²) in [5.41, 5.74) is 7.07. The molecule has 0 aliphatic carbocycles. The van der Waals surface area contributed by atoms with Gasteiger partial charge in [0.2, 0.25) is 5.91 Å². The zero-order valence-electron chi connectivity index (χ0n) is 34.6. The van der Waals surface area contributed by atoms with E-state index < -0.39 is 42.4 Å². The van der Waals surface area contributed by atoms with Gasteiger partial charge in [-0.3, -0.25) is 18.7 Å². The summed E-state index contributed by atoms with van der Waals surface area (Å²) < 4.78 is 23.4. The van der Waals surface area contributed by atoms with Crippen LogP contribution in [-0.2, 0) is 41.4 Å². The highest BCUT2D eigenvalue weighted by Gasteiger charge is 2.28. The van der Waals surface area contributed by atoms with E-state index in [4.69, 9.17) is 40.0 Å². The van der Waals surface area contributed by atoms with Crippen LogP contribution in [0.5, 0.6) is 0 Å². The lowest BCUT2D eigenvalue weighted by Gasteiger charge is -2.12. The number of amides is 1. The van der Waals surface area contributed by atoms with Crippen LogP contribution in [-0.4, -0.2) is 85.3 Å². The average molecular weight is 849 g/mol. The van der Waals surface area contributed by atoms with Crippen LogP contribution in [0.25, 0.3) is 0 Å². The second-order valence-corrected chi connectivity index (χ2v) is 14.6. The number of anilines is 2. The van der Waals surface area contributed by atoms with E-state index in [-0.39, 0.29) is 44.0 Å². The predicted octanol–water partition coefficient (Wildman–Crippen LogP) is 4.97. The van der Waals surface area contributed by atoms with E-state index in [1.54, 1.807) is 6.07 Å². The Balaban J connectivity index is 0.000000222. The van der Waals surface area contributed by atoms with E-state index in [9.17, 15) is 19.2 Å². The number of carbonyl (C=O) groups excluding carboxylic acids is 1. The van der Waals surface area contributed by atoms with Crippen molar-refractivity contribution >= 4 is 23.5 Å². The molecule has 0 bridgehead atoms. The Hall–Kier alpha value is -5.30. The number of aryl methyl sites for hydroxylation is 2. The lowest BCUT2D eigenvalue weighted by molar-refractivity contribution is -0.137. The topological polar surface area (TPSA) is 240 Å². The van der Waals surface area contributed by atoms with Crippen molar-refractivity contribution in [2.45, 2.75) is 115 Å². The van der Waals surface area contributed by atoms with Gasteiger partial charge in [-0.1, -0.05) is 99.2 Å². The minimum atomic E-state index is -0.736. The molecule has 0 unspecified atom stereocenters. The Morgan fingerprint density at radius 2 is 1.10 bits per heavy atom. The fourth-order valence-electron chi connectivity index (χ4n) is 6.49. The highest BCUT2D eigenvalue weighted by Crippen LogP contribution is 2.20. The first-order valence-electron chi connectivity index (χ1n) is 20.9. The summed E-state index contributed by atoms with van der Waals surface area (Å²) >= 11 is 0. The molecule has 2 fully saturated rings. The number of nitrogens with one attached hydrogen (secondary N) is 1. The van der Waals surface area contributed by atoms with Crippen LogP contribution in [0.1, 0.15) is 101 Å². The van der Waals surface area contributed by atoms with Gasteiger partial charge in [0.1, 0.15) is 11.6 Å². The Kier molecular flexibility index (Phi) is 21.8. The number of nitrogens with two attached hydrogens (primary N) is 1. The van der Waals surface area contributed by atoms with Crippen LogP contribution in [0.3, 0.4) is 0 Å². The lowest BCUT2D eigenvalue weighted by atomic mass is 10.0. The van der Waals surface area contributed by atoms with E-state index >= 15 is 0 Å². The molecule has 2 aliphatic heterocycles. The molecule has 332 valence electrons. The lowest BCUT2D eigenvalue weighted by Crippen LogP contribution is -2.29. The number of nitrogens with zero attached hydrogens (tertiary/aromatic N) is 4. The number of aromatic nitrogens is 4. The Labute approximate surface area is 355 Å². The first-order valence-corrected chi connectivity index (χ1v) is 20.9. The van der Waals surface area contributed by atoms with Gasteiger partial charge in [0.25, 0.3) is 0 Å². The predicted molar refractivity (Wildman–Crippen MR) is 227 cm³/mol. The molecule has 2 aromatic heterocycles. The number of unbranched alkanes of at least 4 members (excludes halogenated alkanes) is 8. The number of aliphatic hydroxyl groups is 2. The number of hydrogen-bond acceptors (Lipinski definition) is 13. The zero-order valence-corrected chi connectivity index (χ0v) is 34.6. The molecule has 17 heteroatoms. The number of aliphatic carboxylic acids is 1. The summed E-state index contributed by atoms with van der Waals surface area (Å²) in [6, 6.07) is 24.0. The largest absolute Gasteiger partial charge is 0.481 e. The second kappa shape index (κ2) is 27.5. The quantitative estimate of drug-likeness (QED) is 0.0696. The number of carbonyl (C=O) groups is 2. The molecule has 61 heavy (non-hydrogen) atoms. The van der Waals surface area contributed by atoms with Crippen molar-refractivity contribution in [3.8, 4) is 0 Å². The second-order valence-electron chi connectivity index (χ2n) is 14.6. The summed E-state index contributed by atoms with van der Waals surface area (Å²) in [6.07, 6.45) is 14.0. The number of carboxylic acid groups (broad SMARTS) is 1. The molecule has 4 aromatic rings. The fraction of sp³-hybridized carbons (Fsp3) is 0.500. The first-order chi connectivity index (χ1) is 29.6. The van der Waals surface area contributed by atoms with Gasteiger partial charge in [0.15, 0.2) is 25.0 Å². The van der Waals surface area contributed by atoms with Gasteiger partial charge in [0, 0.05) is 25.2 Å². The maximum Gasteiger partial charge on any atom is 0.351 e. The number of aliphatic hydroxyl groups excluding tert-OH is 2. The van der Waals surface area contributed by atoms with Crippen LogP contribution in [0.15, 0.2) is 94.8 Å². The Morgan fingerprint density at radius 1 is 0.639 bits per heavy atom. The molecule has 2 saturated heterocycles. The monoisotopic (exact) mass is 848 g/mol. The third-order valence-corrected chi connectivity index (χ3v) is 9.75. The molecule has 4 heterocycles. The van der Waals surface area contributed by atoms with Gasteiger partial charge < -0.3 is 45.3 Å². The summed E-state index contributed by atoms with van der Waals surface area (Å²) in [6.45, 7) is -0.159. The molecule has 6 rings (SSSR count). The molecule has 0 saturated carbocycles. The number of carboxylic acids is 1. The van der Waals surface area contributed by atoms with Gasteiger partial charge in [-0.05, 0) is 61.8 Å². The smallest absolute Gasteiger partial charge is 0.351 e. The SMILES string of the molecule is Nc1ccn([C@@H]2CO[C@H](CO)O2)c(=O)n1.O=C(CCCCCCCc1ccccc1)Nc1ccn([C@@H]2CO[C@H](CO)O2)c(=O)n1.O=C(O)CCCCCCCc1ccccc1. The highest BCUT2D eigenvalue weighted by molar-refractivity contribution is 5.89. The van der Waals surface area contributed by atoms with Crippen molar-refractivity contribution in [3.05, 3.63) is 117 Å². The molecule has 2 aromatic carbocycles. The van der Waals surface area contributed by atoms with Gasteiger partial charge in [0.05, 0.1) is 26.4 Å². The van der Waals surface area contributed by atoms with Crippen molar-refractivity contribution in [3.63, 3.8) is 0 Å². The fourth-order valence-corrected chi connectivity index (χ4v) is 6.49. The van der Waals surface area contributed by atoms with Crippen molar-refractivity contribution in [1.82, 2.24) is 19.1 Å². The van der Waals surface area contributed by atoms with Crippen molar-refractivity contribution in [2.24, 2.45) is 0 Å². The molecular formula is C44H60N6O11. The number of ether oxygens (including phenoxy) is 4. The average Bonchev–Trinajstić information content (AvgIpc) is 3.95. The van der Waals surface area contributed by atoms with E-state index in [1.165, 1.54) is 51.6 Å². The van der Waals surface area contributed by atoms with Gasteiger partial charge in [-0.25, -0.2) is 9.59 Å². The summed E-state index contributed by atoms with van der Waals surface area (Å²) in [4.78, 5) is 53.4. The summed E-state index contributed by atoms with van der Waals surface area (Å²) in [5, 5.41) is 28.9. The van der Waals surface area contributed by atoms with E-state index in [2.05, 4.69) is 63.8 Å². The molecule has 2 aliphatic rings. The molecule has 6 N–H and O–H groups in total. The van der Waals surface area contributed by atoms with Gasteiger partial charge >= 0.3 is 17.3 Å². The maximum atomic E-state index is 12.2. The van der Waals surface area contributed by atoms with Crippen molar-refractivity contribution < 1.29 is 43.9 Å². The molecule has 17 nitrogen and oxygen atoms in total. The van der Waals surface area contributed by atoms with Crippen molar-refractivity contribution in [1.29, 1.82) is 0 Å². The molecular weight excluding hydrogens is 789 g/mol. The highest BCUT2D eigenvalue weighted by atomic mass is 16.7. The molecule has 0 radical (unpaired) electrons. The van der Waals surface area contributed by atoms with Crippen LogP contribution >= 0.6 is 0 Å². The van der Waals surface area contributed by atoms with E-state index in [0.29, 0.717) is 12.8 Å². The van der Waals surface area contributed by atoms with E-state index in [1.807, 2.05) is 12.1 Å². The van der Waals surface area contributed by atoms with E-state index in [0.717, 1.165) is 64.2 Å². The first kappa shape index (κ1) is 48.4. The normalized spacial score (nSPS) is 18.1. The summed E-state index contributed by atoms with van der Waals surface area (Å²) in [7, 11) is 0. The number of hydrogen-bond donors (Lipinski definition) is 5. The Bertz CT molecular complexity index is 1980. The van der Waals surface area contributed by atoms with Crippen LogP contribution in [0.2, 0.25) is 0 Å². The van der Waals surface area contributed by atoms with Crippen molar-refractivity contribution in [2.75, 3.05) is 37.5 Å². The third kappa shape index (κ3) is 18.5. The number of nitrogen functional groups attached to an aromatic ring is 1. The zero-order chi connectivity index (χ0) is 43.7. The Morgan fingerprint density at radius 3 is 1.56 bits per heavy atom. The van der Waals surface area contributed by atoms with Crippen LogP contribution in [0.4, 0.5) is 11.6 Å². The molecule has 0 spiro atoms. The van der Waals surface area contributed by atoms with Crippen LogP contribution < -0.4 is 22.4 Å².